The van der Waals surface area contributed by atoms with Crippen LogP contribution in [0.4, 0.5) is 26.3 Å². The van der Waals surface area contributed by atoms with Crippen LogP contribution in [0.3, 0.4) is 0 Å². The number of carbonyl (C=O) groups excluding carboxylic acids is 1. The molecule has 0 atom stereocenters. The number of carbonyl (C=O) groups is 1. The molecular weight excluding hydrogens is 518 g/mol. The minimum Gasteiger partial charge on any atom is -0.491 e. The summed E-state index contributed by atoms with van der Waals surface area (Å²) >= 11 is 0. The third-order valence-corrected chi connectivity index (χ3v) is 5.79. The van der Waals surface area contributed by atoms with E-state index < -0.39 is 42.5 Å². The Morgan fingerprint density at radius 2 is 1.63 bits per heavy atom. The number of hydrogen-bond acceptors (Lipinski definition) is 5. The third-order valence-electron chi connectivity index (χ3n) is 5.79. The van der Waals surface area contributed by atoms with Gasteiger partial charge < -0.3 is 19.1 Å². The number of methoxy groups -OCH3 is 1. The van der Waals surface area contributed by atoms with Gasteiger partial charge in [0.05, 0.1) is 24.3 Å². The Hall–Kier alpha value is -3.80. The van der Waals surface area contributed by atoms with Gasteiger partial charge in [0, 0.05) is 31.0 Å². The summed E-state index contributed by atoms with van der Waals surface area (Å²) in [5, 5.41) is 0. The lowest BCUT2D eigenvalue weighted by Crippen LogP contribution is -2.32. The van der Waals surface area contributed by atoms with Crippen LogP contribution in [0.2, 0.25) is 0 Å². The second-order valence-electron chi connectivity index (χ2n) is 8.43. The van der Waals surface area contributed by atoms with E-state index >= 15 is 0 Å². The summed E-state index contributed by atoms with van der Waals surface area (Å²) in [6.07, 6.45) is -8.53. The number of nitrogens with zero attached hydrogens (tertiary/aromatic N) is 2. The number of benzene rings is 2. The van der Waals surface area contributed by atoms with E-state index in [4.69, 9.17) is 14.2 Å². The monoisotopic (exact) mass is 540 g/mol. The summed E-state index contributed by atoms with van der Waals surface area (Å²) in [7, 11) is 1.53. The number of amides is 1. The smallest absolute Gasteiger partial charge is 0.416 e. The van der Waals surface area contributed by atoms with Crippen molar-refractivity contribution in [3.63, 3.8) is 0 Å². The maximum Gasteiger partial charge on any atom is 0.416 e. The number of halogens is 6. The number of hydrogen-bond donors (Lipinski definition) is 0. The van der Waals surface area contributed by atoms with Crippen LogP contribution < -0.4 is 9.47 Å². The van der Waals surface area contributed by atoms with Crippen LogP contribution in [0.15, 0.2) is 54.7 Å². The predicted molar refractivity (Wildman–Crippen MR) is 123 cm³/mol. The molecule has 2 heterocycles. The lowest BCUT2D eigenvalue weighted by molar-refractivity contribution is -0.143. The number of ether oxygens (including phenoxy) is 3. The molecule has 0 saturated carbocycles. The highest BCUT2D eigenvalue weighted by atomic mass is 19.4. The van der Waals surface area contributed by atoms with Gasteiger partial charge in [0.15, 0.2) is 6.61 Å². The Morgan fingerprint density at radius 1 is 0.947 bits per heavy atom. The van der Waals surface area contributed by atoms with Gasteiger partial charge in [0.2, 0.25) is 5.88 Å². The Bertz CT molecular complexity index is 1280. The molecule has 4 rings (SSSR count). The van der Waals surface area contributed by atoms with Crippen molar-refractivity contribution >= 4 is 5.91 Å². The van der Waals surface area contributed by atoms with E-state index in [1.165, 1.54) is 13.3 Å². The van der Waals surface area contributed by atoms with Crippen molar-refractivity contribution in [1.29, 1.82) is 0 Å². The summed E-state index contributed by atoms with van der Waals surface area (Å²) in [5.74, 6) is 0.0161. The molecule has 0 radical (unpaired) electrons. The Morgan fingerprint density at radius 3 is 2.29 bits per heavy atom. The maximum atomic E-state index is 13.3. The summed E-state index contributed by atoms with van der Waals surface area (Å²) in [4.78, 5) is 18.1. The molecular formula is C26H22F6N2O4. The Balaban J connectivity index is 1.72. The number of rotatable bonds is 7. The molecule has 0 aliphatic carbocycles. The lowest BCUT2D eigenvalue weighted by atomic mass is 9.99. The van der Waals surface area contributed by atoms with E-state index in [0.717, 1.165) is 4.90 Å². The van der Waals surface area contributed by atoms with Crippen LogP contribution >= 0.6 is 0 Å². The normalized spacial score (nSPS) is 14.1. The van der Waals surface area contributed by atoms with E-state index in [-0.39, 0.29) is 30.7 Å². The Kier molecular flexibility index (Phi) is 7.81. The summed E-state index contributed by atoms with van der Waals surface area (Å²) in [6.45, 7) is -0.555. The van der Waals surface area contributed by atoms with Crippen LogP contribution in [-0.2, 0) is 35.0 Å². The number of fused-ring (bicyclic) bond motifs is 1. The molecule has 202 valence electrons. The number of pyridine rings is 1. The van der Waals surface area contributed by atoms with Gasteiger partial charge >= 0.3 is 12.4 Å². The van der Waals surface area contributed by atoms with E-state index in [0.29, 0.717) is 41.2 Å². The van der Waals surface area contributed by atoms with Crippen molar-refractivity contribution in [1.82, 2.24) is 9.88 Å². The minimum atomic E-state index is -5.00. The van der Waals surface area contributed by atoms with Crippen molar-refractivity contribution in [3.05, 3.63) is 77.0 Å². The van der Waals surface area contributed by atoms with E-state index in [9.17, 15) is 31.1 Å². The summed E-state index contributed by atoms with van der Waals surface area (Å²) in [5.41, 5.74) is -1.57. The highest BCUT2D eigenvalue weighted by molar-refractivity contribution is 5.80. The average molecular weight is 540 g/mol. The molecule has 38 heavy (non-hydrogen) atoms. The van der Waals surface area contributed by atoms with E-state index in [1.54, 1.807) is 30.3 Å². The van der Waals surface area contributed by atoms with Crippen LogP contribution in [-0.4, -0.2) is 42.7 Å². The first-order valence-electron chi connectivity index (χ1n) is 11.4. The van der Waals surface area contributed by atoms with Gasteiger partial charge in [-0.15, -0.1) is 0 Å². The first kappa shape index (κ1) is 27.2. The molecule has 1 amide bonds. The third kappa shape index (κ3) is 6.18. The zero-order valence-electron chi connectivity index (χ0n) is 20.0. The topological polar surface area (TPSA) is 60.9 Å². The van der Waals surface area contributed by atoms with Crippen LogP contribution in [0.5, 0.6) is 11.6 Å². The van der Waals surface area contributed by atoms with Crippen molar-refractivity contribution in [2.45, 2.75) is 25.4 Å². The zero-order valence-corrected chi connectivity index (χ0v) is 20.0. The van der Waals surface area contributed by atoms with Gasteiger partial charge in [0.25, 0.3) is 5.91 Å². The quantitative estimate of drug-likeness (QED) is 0.283. The fourth-order valence-electron chi connectivity index (χ4n) is 4.03. The fourth-order valence-corrected chi connectivity index (χ4v) is 4.03. The Labute approximate surface area is 213 Å². The first-order valence-corrected chi connectivity index (χ1v) is 11.4. The van der Waals surface area contributed by atoms with Crippen LogP contribution in [0.25, 0.3) is 11.1 Å². The van der Waals surface area contributed by atoms with Crippen LogP contribution in [0.1, 0.15) is 22.3 Å². The molecule has 6 nitrogen and oxygen atoms in total. The predicted octanol–water partition coefficient (Wildman–Crippen LogP) is 5.73. The minimum absolute atomic E-state index is 0.0503. The molecule has 0 unspecified atom stereocenters. The van der Waals surface area contributed by atoms with Crippen LogP contribution in [0, 0.1) is 0 Å². The van der Waals surface area contributed by atoms with Gasteiger partial charge in [-0.3, -0.25) is 4.79 Å². The van der Waals surface area contributed by atoms with Crippen molar-refractivity contribution < 1.29 is 45.3 Å². The van der Waals surface area contributed by atoms with Crippen molar-refractivity contribution in [2.24, 2.45) is 0 Å². The molecule has 0 N–H and O–H groups in total. The summed E-state index contributed by atoms with van der Waals surface area (Å²) < 4.78 is 96.5. The number of alkyl halides is 6. The second-order valence-corrected chi connectivity index (χ2v) is 8.43. The van der Waals surface area contributed by atoms with Gasteiger partial charge in [0.1, 0.15) is 12.4 Å². The number of para-hydroxylation sites is 1. The van der Waals surface area contributed by atoms with Crippen molar-refractivity contribution in [3.8, 4) is 22.8 Å². The molecule has 1 aliphatic rings. The highest BCUT2D eigenvalue weighted by Gasteiger charge is 2.37. The molecule has 0 spiro atoms. The zero-order chi connectivity index (χ0) is 27.5. The fraction of sp³-hybridized carbons (Fsp3) is 0.308. The second kappa shape index (κ2) is 10.9. The lowest BCUT2D eigenvalue weighted by Gasteiger charge is -2.23. The molecule has 3 aromatic rings. The molecule has 0 saturated heterocycles. The maximum absolute atomic E-state index is 13.3. The molecule has 0 fully saturated rings. The largest absolute Gasteiger partial charge is 0.491 e. The molecule has 2 aromatic carbocycles. The van der Waals surface area contributed by atoms with Gasteiger partial charge in [-0.1, -0.05) is 18.2 Å². The van der Waals surface area contributed by atoms with E-state index in [2.05, 4.69) is 4.98 Å². The number of aromatic nitrogens is 1. The SMILES string of the molecule is COCCOc1ccccc1-c1ccnc2c1CN(Cc1cc(C(F)(F)F)cc(C(F)(F)F)c1)C(=O)CO2. The highest BCUT2D eigenvalue weighted by Crippen LogP contribution is 2.39. The van der Waals surface area contributed by atoms with Crippen molar-refractivity contribution in [2.75, 3.05) is 26.9 Å². The van der Waals surface area contributed by atoms with E-state index in [1.807, 2.05) is 0 Å². The van der Waals surface area contributed by atoms with Gasteiger partial charge in [-0.2, -0.15) is 26.3 Å². The molecule has 1 aromatic heterocycles. The standard InChI is InChI=1S/C26H22F6N2O4/c1-36-8-9-37-22-5-3-2-4-20(22)19-6-7-33-24-21(19)14-34(23(35)15-38-24)13-16-10-17(25(27,28)29)12-18(11-16)26(30,31)32/h2-7,10-12H,8-9,13-15H2,1H3. The molecule has 12 heteroatoms. The molecule has 1 aliphatic heterocycles. The average Bonchev–Trinajstić information content (AvgIpc) is 3.02. The summed E-state index contributed by atoms with van der Waals surface area (Å²) in [6, 6.07) is 9.99. The first-order chi connectivity index (χ1) is 18.0. The van der Waals surface area contributed by atoms with Gasteiger partial charge in [-0.25, -0.2) is 4.98 Å². The van der Waals surface area contributed by atoms with Gasteiger partial charge in [-0.05, 0) is 41.5 Å². The molecule has 0 bridgehead atoms.